The van der Waals surface area contributed by atoms with Crippen LogP contribution in [0.1, 0.15) is 53.4 Å². The number of hydrogen-bond donors (Lipinski definition) is 2. The Kier molecular flexibility index (Phi) is 6.49. The maximum Gasteiger partial charge on any atom is 0.237 e. The Morgan fingerprint density at radius 1 is 1.29 bits per heavy atom. The van der Waals surface area contributed by atoms with Gasteiger partial charge in [-0.2, -0.15) is 0 Å². The molecule has 0 radical (unpaired) electrons. The van der Waals surface area contributed by atoms with Gasteiger partial charge in [0.1, 0.15) is 0 Å². The maximum absolute atomic E-state index is 12.0. The lowest BCUT2D eigenvalue weighted by molar-refractivity contribution is -0.125. The van der Waals surface area contributed by atoms with Gasteiger partial charge in [-0.15, -0.1) is 12.4 Å². The zero-order valence-corrected chi connectivity index (χ0v) is 12.3. The Morgan fingerprint density at radius 2 is 1.82 bits per heavy atom. The molecule has 0 aromatic heterocycles. The smallest absolute Gasteiger partial charge is 0.237 e. The lowest BCUT2D eigenvalue weighted by Crippen LogP contribution is -2.53. The van der Waals surface area contributed by atoms with Crippen molar-refractivity contribution < 1.29 is 4.79 Å². The van der Waals surface area contributed by atoms with Crippen LogP contribution in [-0.2, 0) is 4.79 Å². The normalized spacial score (nSPS) is 26.9. The van der Waals surface area contributed by atoms with Crippen LogP contribution < -0.4 is 11.1 Å². The number of nitrogens with one attached hydrogen (secondary N) is 1. The SMILES string of the molecule is CC1CCCCC1NC(=O)[C@@H](N)C(C)(C)C.Cl. The van der Waals surface area contributed by atoms with E-state index in [-0.39, 0.29) is 23.7 Å². The van der Waals surface area contributed by atoms with E-state index in [0.717, 1.165) is 6.42 Å². The highest BCUT2D eigenvalue weighted by atomic mass is 35.5. The van der Waals surface area contributed by atoms with Gasteiger partial charge in [-0.3, -0.25) is 4.79 Å². The van der Waals surface area contributed by atoms with E-state index in [0.29, 0.717) is 12.0 Å². The summed E-state index contributed by atoms with van der Waals surface area (Å²) in [4.78, 5) is 12.0. The van der Waals surface area contributed by atoms with Crippen molar-refractivity contribution in [3.63, 3.8) is 0 Å². The summed E-state index contributed by atoms with van der Waals surface area (Å²) >= 11 is 0. The Balaban J connectivity index is 0.00000256. The predicted octanol–water partition coefficient (Wildman–Crippen LogP) is 2.48. The molecule has 1 amide bonds. The Hall–Kier alpha value is -0.280. The number of carbonyl (C=O) groups excluding carboxylic acids is 1. The summed E-state index contributed by atoms with van der Waals surface area (Å²) in [5, 5.41) is 3.11. The second-order valence-electron chi connectivity index (χ2n) is 6.22. The third-order valence-electron chi connectivity index (χ3n) is 3.65. The molecule has 3 atom stereocenters. The monoisotopic (exact) mass is 262 g/mol. The van der Waals surface area contributed by atoms with E-state index in [1.165, 1.54) is 19.3 Å². The first-order valence-electron chi connectivity index (χ1n) is 6.38. The van der Waals surface area contributed by atoms with Gasteiger partial charge >= 0.3 is 0 Å². The molecule has 1 saturated carbocycles. The van der Waals surface area contributed by atoms with Gasteiger partial charge < -0.3 is 11.1 Å². The second kappa shape index (κ2) is 6.60. The van der Waals surface area contributed by atoms with E-state index in [9.17, 15) is 4.79 Å². The van der Waals surface area contributed by atoms with Crippen LogP contribution in [0, 0.1) is 11.3 Å². The van der Waals surface area contributed by atoms with Crippen molar-refractivity contribution in [1.29, 1.82) is 0 Å². The van der Waals surface area contributed by atoms with E-state index in [1.54, 1.807) is 0 Å². The molecule has 4 heteroatoms. The molecule has 1 fully saturated rings. The van der Waals surface area contributed by atoms with Crippen LogP contribution >= 0.6 is 12.4 Å². The molecule has 17 heavy (non-hydrogen) atoms. The molecule has 0 bridgehead atoms. The van der Waals surface area contributed by atoms with Crippen LogP contribution in [0.3, 0.4) is 0 Å². The van der Waals surface area contributed by atoms with Gasteiger partial charge in [0.2, 0.25) is 5.91 Å². The molecule has 0 spiro atoms. The van der Waals surface area contributed by atoms with Crippen LogP contribution in [0.5, 0.6) is 0 Å². The molecule has 0 aliphatic heterocycles. The van der Waals surface area contributed by atoms with E-state index in [2.05, 4.69) is 12.2 Å². The van der Waals surface area contributed by atoms with Crippen LogP contribution in [0.15, 0.2) is 0 Å². The summed E-state index contributed by atoms with van der Waals surface area (Å²) in [5.74, 6) is 0.594. The largest absolute Gasteiger partial charge is 0.352 e. The molecule has 1 aliphatic rings. The van der Waals surface area contributed by atoms with Crippen LogP contribution in [0.2, 0.25) is 0 Å². The first-order chi connectivity index (χ1) is 7.32. The van der Waals surface area contributed by atoms with Crippen LogP contribution in [0.25, 0.3) is 0 Å². The average Bonchev–Trinajstić information content (AvgIpc) is 2.19. The molecule has 0 aromatic carbocycles. The number of rotatable bonds is 2. The van der Waals surface area contributed by atoms with E-state index >= 15 is 0 Å². The number of nitrogens with two attached hydrogens (primary N) is 1. The van der Waals surface area contributed by atoms with Crippen LogP contribution in [0.4, 0.5) is 0 Å². The Bertz CT molecular complexity index is 250. The van der Waals surface area contributed by atoms with Crippen molar-refractivity contribution in [2.24, 2.45) is 17.1 Å². The van der Waals surface area contributed by atoms with E-state index in [4.69, 9.17) is 5.73 Å². The number of amides is 1. The molecule has 3 N–H and O–H groups in total. The summed E-state index contributed by atoms with van der Waals surface area (Å²) in [6.07, 6.45) is 4.83. The van der Waals surface area contributed by atoms with Gasteiger partial charge in [-0.25, -0.2) is 0 Å². The molecule has 102 valence electrons. The molecular weight excluding hydrogens is 236 g/mol. The van der Waals surface area contributed by atoms with Crippen molar-refractivity contribution in [3.8, 4) is 0 Å². The minimum Gasteiger partial charge on any atom is -0.352 e. The predicted molar refractivity (Wildman–Crippen MR) is 74.2 cm³/mol. The molecule has 1 rings (SSSR count). The first-order valence-corrected chi connectivity index (χ1v) is 6.38. The van der Waals surface area contributed by atoms with Crippen molar-refractivity contribution in [1.82, 2.24) is 5.32 Å². The lowest BCUT2D eigenvalue weighted by Gasteiger charge is -2.33. The lowest BCUT2D eigenvalue weighted by atomic mass is 9.84. The zero-order chi connectivity index (χ0) is 12.3. The molecular formula is C13H27ClN2O. The second-order valence-corrected chi connectivity index (χ2v) is 6.22. The molecule has 0 aromatic rings. The standard InChI is InChI=1S/C13H26N2O.ClH/c1-9-7-5-6-8-10(9)15-12(16)11(14)13(2,3)4;/h9-11H,5-8,14H2,1-4H3,(H,15,16);1H/t9?,10?,11-;/m1./s1. The fourth-order valence-electron chi connectivity index (χ4n) is 2.20. The van der Waals surface area contributed by atoms with Gasteiger partial charge in [0.05, 0.1) is 6.04 Å². The molecule has 2 unspecified atom stereocenters. The van der Waals surface area contributed by atoms with Gasteiger partial charge in [0.15, 0.2) is 0 Å². The first kappa shape index (κ1) is 16.7. The quantitative estimate of drug-likeness (QED) is 0.803. The highest BCUT2D eigenvalue weighted by molar-refractivity contribution is 5.85. The molecule has 3 nitrogen and oxygen atoms in total. The maximum atomic E-state index is 12.0. The summed E-state index contributed by atoms with van der Waals surface area (Å²) in [5.41, 5.74) is 5.78. The van der Waals surface area contributed by atoms with Gasteiger partial charge in [0.25, 0.3) is 0 Å². The fraction of sp³-hybridized carbons (Fsp3) is 0.923. The topological polar surface area (TPSA) is 55.1 Å². The molecule has 0 heterocycles. The Labute approximate surface area is 111 Å². The zero-order valence-electron chi connectivity index (χ0n) is 11.5. The molecule has 1 aliphatic carbocycles. The van der Waals surface area contributed by atoms with Gasteiger partial charge in [0, 0.05) is 6.04 Å². The molecule has 0 saturated heterocycles. The number of hydrogen-bond acceptors (Lipinski definition) is 2. The van der Waals surface area contributed by atoms with E-state index < -0.39 is 6.04 Å². The van der Waals surface area contributed by atoms with E-state index in [1.807, 2.05) is 20.8 Å². The number of halogens is 1. The van der Waals surface area contributed by atoms with Gasteiger partial charge in [-0.1, -0.05) is 40.5 Å². The highest BCUT2D eigenvalue weighted by Gasteiger charge is 2.30. The Morgan fingerprint density at radius 3 is 2.29 bits per heavy atom. The van der Waals surface area contributed by atoms with Crippen LogP contribution in [-0.4, -0.2) is 18.0 Å². The summed E-state index contributed by atoms with van der Waals surface area (Å²) in [6, 6.07) is -0.0868. The number of carbonyl (C=O) groups is 1. The summed E-state index contributed by atoms with van der Waals surface area (Å²) in [6.45, 7) is 8.22. The minimum absolute atomic E-state index is 0. The van der Waals surface area contributed by atoms with Crippen molar-refractivity contribution in [2.45, 2.75) is 65.5 Å². The van der Waals surface area contributed by atoms with Gasteiger partial charge in [-0.05, 0) is 24.2 Å². The fourth-order valence-corrected chi connectivity index (χ4v) is 2.20. The van der Waals surface area contributed by atoms with Crippen molar-refractivity contribution in [2.75, 3.05) is 0 Å². The summed E-state index contributed by atoms with van der Waals surface area (Å²) < 4.78 is 0. The third-order valence-corrected chi connectivity index (χ3v) is 3.65. The highest BCUT2D eigenvalue weighted by Crippen LogP contribution is 2.24. The minimum atomic E-state index is -0.415. The third kappa shape index (κ3) is 4.84. The summed E-state index contributed by atoms with van der Waals surface area (Å²) in [7, 11) is 0. The average molecular weight is 263 g/mol. The van der Waals surface area contributed by atoms with Crippen molar-refractivity contribution >= 4 is 18.3 Å². The van der Waals surface area contributed by atoms with Crippen molar-refractivity contribution in [3.05, 3.63) is 0 Å².